The molecule has 1 rings (SSSR count). The molecule has 108 valence electrons. The number of nitrogens with zero attached hydrogens (tertiary/aromatic N) is 4. The van der Waals surface area contributed by atoms with E-state index in [9.17, 15) is 8.42 Å². The quantitative estimate of drug-likeness (QED) is 0.587. The Balaban J connectivity index is 2.81. The van der Waals surface area contributed by atoms with Crippen LogP contribution >= 0.6 is 0 Å². The van der Waals surface area contributed by atoms with Crippen LogP contribution in [0.5, 0.6) is 0 Å². The van der Waals surface area contributed by atoms with Crippen molar-refractivity contribution in [1.29, 1.82) is 0 Å². The Kier molecular flexibility index (Phi) is 5.24. The van der Waals surface area contributed by atoms with Crippen molar-refractivity contribution in [2.75, 3.05) is 48.5 Å². The minimum atomic E-state index is -3.50. The van der Waals surface area contributed by atoms with Gasteiger partial charge in [-0.2, -0.15) is 15.0 Å². The minimum absolute atomic E-state index is 0.140. The van der Waals surface area contributed by atoms with Gasteiger partial charge in [0.25, 0.3) is 0 Å². The molecule has 0 aliphatic carbocycles. The summed E-state index contributed by atoms with van der Waals surface area (Å²) >= 11 is 0. The highest BCUT2D eigenvalue weighted by Crippen LogP contribution is 2.10. The number of nitrogens with two attached hydrogens (primary N) is 1. The van der Waals surface area contributed by atoms with E-state index < -0.39 is 10.0 Å². The third kappa shape index (κ3) is 5.66. The highest BCUT2D eigenvalue weighted by Gasteiger charge is 2.08. The van der Waals surface area contributed by atoms with E-state index in [-0.39, 0.29) is 12.3 Å². The molecule has 0 saturated carbocycles. The molecule has 0 fully saturated rings. The van der Waals surface area contributed by atoms with E-state index in [0.717, 1.165) is 0 Å². The summed E-state index contributed by atoms with van der Waals surface area (Å²) in [6.45, 7) is 2.74. The first kappa shape index (κ1) is 15.4. The van der Waals surface area contributed by atoms with Gasteiger partial charge in [-0.15, -0.1) is 0 Å². The van der Waals surface area contributed by atoms with E-state index in [2.05, 4.69) is 25.6 Å². The van der Waals surface area contributed by atoms with Crippen LogP contribution in [-0.2, 0) is 10.0 Å². The molecule has 0 amide bonds. The average molecular weight is 289 g/mol. The Labute approximate surface area is 112 Å². The third-order valence-corrected chi connectivity index (χ3v) is 2.80. The maximum Gasteiger partial charge on any atom is 0.231 e. The number of anilines is 3. The van der Waals surface area contributed by atoms with Gasteiger partial charge >= 0.3 is 0 Å². The molecule has 0 atom stereocenters. The van der Waals surface area contributed by atoms with Crippen LogP contribution in [0, 0.1) is 0 Å². The molecule has 0 aliphatic rings. The number of nitrogens with one attached hydrogen (secondary N) is 2. The second-order valence-electron chi connectivity index (χ2n) is 4.00. The number of aromatic nitrogens is 3. The molecule has 0 spiro atoms. The fourth-order valence-electron chi connectivity index (χ4n) is 1.19. The molecule has 0 unspecified atom stereocenters. The van der Waals surface area contributed by atoms with E-state index >= 15 is 0 Å². The molecule has 9 nitrogen and oxygen atoms in total. The maximum atomic E-state index is 10.8. The summed E-state index contributed by atoms with van der Waals surface area (Å²) in [4.78, 5) is 14.2. The predicted molar refractivity (Wildman–Crippen MR) is 74.8 cm³/mol. The van der Waals surface area contributed by atoms with Gasteiger partial charge in [0, 0.05) is 27.2 Å². The van der Waals surface area contributed by atoms with Crippen molar-refractivity contribution in [3.8, 4) is 0 Å². The Morgan fingerprint density at radius 3 is 2.21 bits per heavy atom. The lowest BCUT2D eigenvalue weighted by Gasteiger charge is -2.13. The van der Waals surface area contributed by atoms with Gasteiger partial charge in [0.05, 0.1) is 5.75 Å². The third-order valence-electron chi connectivity index (χ3n) is 2.03. The van der Waals surface area contributed by atoms with Crippen LogP contribution in [0.15, 0.2) is 0 Å². The predicted octanol–water partition coefficient (Wildman–Crippen LogP) is -0.930. The van der Waals surface area contributed by atoms with Crippen molar-refractivity contribution < 1.29 is 8.42 Å². The van der Waals surface area contributed by atoms with Gasteiger partial charge in [-0.25, -0.2) is 13.6 Å². The Morgan fingerprint density at radius 1 is 1.16 bits per heavy atom. The first-order chi connectivity index (χ1) is 8.81. The Bertz CT molecular complexity index is 517. The largest absolute Gasteiger partial charge is 0.354 e. The van der Waals surface area contributed by atoms with Crippen LogP contribution in [-0.4, -0.2) is 56.3 Å². The zero-order chi connectivity index (χ0) is 14.5. The Morgan fingerprint density at radius 2 is 1.74 bits per heavy atom. The van der Waals surface area contributed by atoms with Gasteiger partial charge in [0.1, 0.15) is 0 Å². The van der Waals surface area contributed by atoms with Crippen LogP contribution in [0.25, 0.3) is 0 Å². The van der Waals surface area contributed by atoms with E-state index in [1.807, 2.05) is 6.92 Å². The fourth-order valence-corrected chi connectivity index (χ4v) is 1.57. The molecule has 1 aromatic rings. The number of primary sulfonamides is 1. The highest BCUT2D eigenvalue weighted by atomic mass is 32.2. The topological polar surface area (TPSA) is 126 Å². The molecule has 19 heavy (non-hydrogen) atoms. The number of hydrogen-bond donors (Lipinski definition) is 3. The van der Waals surface area contributed by atoms with Crippen LogP contribution in [0.3, 0.4) is 0 Å². The number of rotatable bonds is 7. The van der Waals surface area contributed by atoms with E-state index in [1.54, 1.807) is 19.0 Å². The molecule has 0 saturated heterocycles. The van der Waals surface area contributed by atoms with Gasteiger partial charge in [0.2, 0.25) is 27.9 Å². The zero-order valence-electron chi connectivity index (χ0n) is 11.2. The number of hydrogen-bond acceptors (Lipinski definition) is 8. The van der Waals surface area contributed by atoms with Crippen molar-refractivity contribution in [2.24, 2.45) is 5.14 Å². The molecule has 4 N–H and O–H groups in total. The number of sulfonamides is 1. The smallest absolute Gasteiger partial charge is 0.231 e. The van der Waals surface area contributed by atoms with Gasteiger partial charge in [-0.05, 0) is 6.92 Å². The fraction of sp³-hybridized carbons (Fsp3) is 0.667. The lowest BCUT2D eigenvalue weighted by atomic mass is 10.7. The van der Waals surface area contributed by atoms with Crippen LogP contribution in [0.4, 0.5) is 17.8 Å². The SMILES string of the molecule is CCNc1nc(NCCS(N)(=O)=O)nc(N(C)C)n1. The van der Waals surface area contributed by atoms with Gasteiger partial charge < -0.3 is 15.5 Å². The average Bonchev–Trinajstić information content (AvgIpc) is 2.27. The van der Waals surface area contributed by atoms with Crippen molar-refractivity contribution in [3.05, 3.63) is 0 Å². The van der Waals surface area contributed by atoms with Crippen molar-refractivity contribution in [2.45, 2.75) is 6.92 Å². The summed E-state index contributed by atoms with van der Waals surface area (Å²) in [6, 6.07) is 0. The first-order valence-electron chi connectivity index (χ1n) is 5.73. The molecule has 0 aliphatic heterocycles. The van der Waals surface area contributed by atoms with Crippen LogP contribution in [0.2, 0.25) is 0 Å². The van der Waals surface area contributed by atoms with Crippen LogP contribution < -0.4 is 20.7 Å². The molecular weight excluding hydrogens is 270 g/mol. The summed E-state index contributed by atoms with van der Waals surface area (Å²) < 4.78 is 21.7. The molecular formula is C9H19N7O2S. The molecule has 10 heteroatoms. The zero-order valence-corrected chi connectivity index (χ0v) is 12.0. The van der Waals surface area contributed by atoms with Crippen LogP contribution in [0.1, 0.15) is 6.92 Å². The lowest BCUT2D eigenvalue weighted by molar-refractivity contribution is 0.598. The second-order valence-corrected chi connectivity index (χ2v) is 5.74. The lowest BCUT2D eigenvalue weighted by Crippen LogP contribution is -2.23. The summed E-state index contributed by atoms with van der Waals surface area (Å²) in [5, 5.41) is 10.7. The van der Waals surface area contributed by atoms with Gasteiger partial charge in [-0.3, -0.25) is 0 Å². The standard InChI is InChI=1S/C9H19N7O2S/c1-4-11-7-13-8(12-5-6-19(10,17)18)15-9(14-7)16(2)3/h4-6H2,1-3H3,(H2,10,17,18)(H2,11,12,13,14,15). The summed E-state index contributed by atoms with van der Waals surface area (Å²) in [7, 11) is 0.109. The minimum Gasteiger partial charge on any atom is -0.354 e. The maximum absolute atomic E-state index is 10.8. The van der Waals surface area contributed by atoms with E-state index in [1.165, 1.54) is 0 Å². The molecule has 1 heterocycles. The van der Waals surface area contributed by atoms with Gasteiger partial charge in [-0.1, -0.05) is 0 Å². The van der Waals surface area contributed by atoms with Crippen molar-refractivity contribution in [3.63, 3.8) is 0 Å². The first-order valence-corrected chi connectivity index (χ1v) is 7.45. The Hall–Kier alpha value is -1.68. The summed E-state index contributed by atoms with van der Waals surface area (Å²) in [5.41, 5.74) is 0. The summed E-state index contributed by atoms with van der Waals surface area (Å²) in [6.07, 6.45) is 0. The molecule has 0 bridgehead atoms. The second kappa shape index (κ2) is 6.48. The molecule has 1 aromatic heterocycles. The molecule has 0 radical (unpaired) electrons. The van der Waals surface area contributed by atoms with Crippen molar-refractivity contribution >= 4 is 27.9 Å². The highest BCUT2D eigenvalue weighted by molar-refractivity contribution is 7.89. The summed E-state index contributed by atoms with van der Waals surface area (Å²) in [5.74, 6) is 1.02. The monoisotopic (exact) mass is 289 g/mol. The van der Waals surface area contributed by atoms with Crippen molar-refractivity contribution in [1.82, 2.24) is 15.0 Å². The van der Waals surface area contributed by atoms with E-state index in [4.69, 9.17) is 5.14 Å². The van der Waals surface area contributed by atoms with Gasteiger partial charge in [0.15, 0.2) is 0 Å². The normalized spacial score (nSPS) is 11.2. The van der Waals surface area contributed by atoms with E-state index in [0.29, 0.717) is 24.4 Å². The molecule has 0 aromatic carbocycles.